The highest BCUT2D eigenvalue weighted by atomic mass is 32.2. The Morgan fingerprint density at radius 2 is 2.14 bits per heavy atom. The summed E-state index contributed by atoms with van der Waals surface area (Å²) in [6, 6.07) is 2.55. The summed E-state index contributed by atoms with van der Waals surface area (Å²) in [5.41, 5.74) is 3.12. The van der Waals surface area contributed by atoms with Crippen LogP contribution in [0, 0.1) is 13.8 Å². The van der Waals surface area contributed by atoms with Crippen molar-refractivity contribution in [2.75, 3.05) is 0 Å². The molecule has 1 saturated carbocycles. The number of hydrogen-bond donors (Lipinski definition) is 0. The van der Waals surface area contributed by atoms with Crippen molar-refractivity contribution in [3.8, 4) is 0 Å². The van der Waals surface area contributed by atoms with Crippen molar-refractivity contribution in [3.63, 3.8) is 0 Å². The maximum absolute atomic E-state index is 4.58. The number of rotatable bonds is 4. The van der Waals surface area contributed by atoms with Crippen LogP contribution in [-0.4, -0.2) is 34.6 Å². The summed E-state index contributed by atoms with van der Waals surface area (Å²) in [6.07, 6.45) is 4.39. The van der Waals surface area contributed by atoms with Crippen LogP contribution in [0.1, 0.15) is 36.0 Å². The van der Waals surface area contributed by atoms with Crippen LogP contribution in [0.15, 0.2) is 17.4 Å². The molecule has 3 aromatic rings. The Bertz CT molecular complexity index is 802. The average molecular weight is 301 g/mol. The van der Waals surface area contributed by atoms with Crippen molar-refractivity contribution in [2.45, 2.75) is 43.6 Å². The number of aromatic nitrogens is 7. The molecule has 3 heterocycles. The molecule has 0 atom stereocenters. The third-order valence-corrected chi connectivity index (χ3v) is 4.48. The minimum Gasteiger partial charge on any atom is -0.288 e. The normalized spacial score (nSPS) is 15.0. The lowest BCUT2D eigenvalue weighted by molar-refractivity contribution is 0.565. The van der Waals surface area contributed by atoms with Gasteiger partial charge in [0.1, 0.15) is 0 Å². The van der Waals surface area contributed by atoms with Crippen molar-refractivity contribution in [3.05, 3.63) is 29.3 Å². The summed E-state index contributed by atoms with van der Waals surface area (Å²) in [6.45, 7) is 4.05. The lowest BCUT2D eigenvalue weighted by Gasteiger charge is -2.00. The van der Waals surface area contributed by atoms with E-state index in [-0.39, 0.29) is 0 Å². The van der Waals surface area contributed by atoms with Crippen LogP contribution in [-0.2, 0) is 5.75 Å². The molecule has 0 N–H and O–H groups in total. The molecule has 21 heavy (non-hydrogen) atoms. The zero-order valence-corrected chi connectivity index (χ0v) is 12.7. The maximum Gasteiger partial charge on any atom is 0.234 e. The highest BCUT2D eigenvalue weighted by Gasteiger charge is 2.27. The van der Waals surface area contributed by atoms with Crippen LogP contribution in [0.25, 0.3) is 5.78 Å². The molecule has 0 spiro atoms. The molecule has 1 fully saturated rings. The fourth-order valence-electron chi connectivity index (χ4n) is 2.36. The van der Waals surface area contributed by atoms with Gasteiger partial charge in [0.05, 0.1) is 11.7 Å². The van der Waals surface area contributed by atoms with Crippen molar-refractivity contribution in [2.24, 2.45) is 0 Å². The van der Waals surface area contributed by atoms with Crippen molar-refractivity contribution >= 4 is 17.5 Å². The van der Waals surface area contributed by atoms with Crippen molar-refractivity contribution < 1.29 is 0 Å². The van der Waals surface area contributed by atoms with Gasteiger partial charge < -0.3 is 0 Å². The van der Waals surface area contributed by atoms with Gasteiger partial charge in [-0.3, -0.25) is 4.40 Å². The van der Waals surface area contributed by atoms with Crippen molar-refractivity contribution in [1.29, 1.82) is 0 Å². The summed E-state index contributed by atoms with van der Waals surface area (Å²) in [5, 5.41) is 12.8. The van der Waals surface area contributed by atoms with E-state index in [2.05, 4.69) is 38.5 Å². The highest BCUT2D eigenvalue weighted by molar-refractivity contribution is 7.98. The van der Waals surface area contributed by atoms with E-state index in [1.165, 1.54) is 12.8 Å². The minimum atomic E-state index is 0.495. The molecule has 0 radical (unpaired) electrons. The van der Waals surface area contributed by atoms with E-state index in [1.807, 2.05) is 22.2 Å². The predicted octanol–water partition coefficient (Wildman–Crippen LogP) is 1.96. The SMILES string of the molecule is Cc1cc(C)n2cc(CSc3nnnn3C3CC3)nc2n1. The van der Waals surface area contributed by atoms with Crippen LogP contribution in [0.2, 0.25) is 0 Å². The van der Waals surface area contributed by atoms with E-state index in [0.29, 0.717) is 6.04 Å². The van der Waals surface area contributed by atoms with Gasteiger partial charge in [-0.15, -0.1) is 5.10 Å². The van der Waals surface area contributed by atoms with E-state index in [4.69, 9.17) is 0 Å². The zero-order chi connectivity index (χ0) is 14.4. The molecular formula is C13H15N7S. The molecule has 8 heteroatoms. The lowest BCUT2D eigenvalue weighted by Crippen LogP contribution is -1.98. The maximum atomic E-state index is 4.58. The number of fused-ring (bicyclic) bond motifs is 1. The molecule has 108 valence electrons. The topological polar surface area (TPSA) is 73.8 Å². The summed E-state index contributed by atoms with van der Waals surface area (Å²) < 4.78 is 3.95. The van der Waals surface area contributed by atoms with Gasteiger partial charge >= 0.3 is 0 Å². The minimum absolute atomic E-state index is 0.495. The second-order valence-corrected chi connectivity index (χ2v) is 6.31. The number of thioether (sulfide) groups is 1. The molecule has 7 nitrogen and oxygen atoms in total. The van der Waals surface area contributed by atoms with Gasteiger partial charge in [-0.25, -0.2) is 14.6 Å². The lowest BCUT2D eigenvalue weighted by atomic mass is 10.3. The number of tetrazole rings is 1. The molecule has 1 aliphatic rings. The fraction of sp³-hybridized carbons (Fsp3) is 0.462. The third-order valence-electron chi connectivity index (χ3n) is 3.52. The number of nitrogens with zero attached hydrogens (tertiary/aromatic N) is 7. The second-order valence-electron chi connectivity index (χ2n) is 5.37. The summed E-state index contributed by atoms with van der Waals surface area (Å²) in [5.74, 6) is 1.50. The van der Waals surface area contributed by atoms with Crippen LogP contribution < -0.4 is 0 Å². The molecule has 3 aromatic heterocycles. The Balaban J connectivity index is 1.57. The zero-order valence-electron chi connectivity index (χ0n) is 11.9. The van der Waals surface area contributed by atoms with Crippen LogP contribution >= 0.6 is 11.8 Å². The smallest absolute Gasteiger partial charge is 0.234 e. The van der Waals surface area contributed by atoms with Crippen LogP contribution in [0.3, 0.4) is 0 Å². The summed E-state index contributed by atoms with van der Waals surface area (Å²) in [7, 11) is 0. The Labute approximate surface area is 125 Å². The first-order chi connectivity index (χ1) is 10.2. The summed E-state index contributed by atoms with van der Waals surface area (Å²) in [4.78, 5) is 9.03. The van der Waals surface area contributed by atoms with E-state index in [9.17, 15) is 0 Å². The molecule has 1 aliphatic carbocycles. The monoisotopic (exact) mass is 301 g/mol. The van der Waals surface area contributed by atoms with Gasteiger partial charge in [0.15, 0.2) is 0 Å². The Hall–Kier alpha value is -1.96. The highest BCUT2D eigenvalue weighted by Crippen LogP contribution is 2.36. The van der Waals surface area contributed by atoms with Gasteiger partial charge in [0.25, 0.3) is 0 Å². The van der Waals surface area contributed by atoms with E-state index >= 15 is 0 Å². The molecule has 0 aromatic carbocycles. The third kappa shape index (κ3) is 2.39. The van der Waals surface area contributed by atoms with E-state index in [1.54, 1.807) is 11.8 Å². The first-order valence-corrected chi connectivity index (χ1v) is 7.92. The molecule has 0 saturated heterocycles. The van der Waals surface area contributed by atoms with Gasteiger partial charge in [0.2, 0.25) is 10.9 Å². The van der Waals surface area contributed by atoms with E-state index < -0.39 is 0 Å². The molecular weight excluding hydrogens is 286 g/mol. The molecule has 0 unspecified atom stereocenters. The molecule has 0 aliphatic heterocycles. The number of imidazole rings is 1. The van der Waals surface area contributed by atoms with Gasteiger partial charge in [-0.2, -0.15) is 0 Å². The molecule has 0 amide bonds. The first kappa shape index (κ1) is 12.8. The Kier molecular flexibility index (Phi) is 2.91. The number of aryl methyl sites for hydroxylation is 2. The Morgan fingerprint density at radius 1 is 1.29 bits per heavy atom. The first-order valence-electron chi connectivity index (χ1n) is 6.93. The predicted molar refractivity (Wildman–Crippen MR) is 78.1 cm³/mol. The van der Waals surface area contributed by atoms with Gasteiger partial charge in [0, 0.05) is 23.3 Å². The van der Waals surface area contributed by atoms with Crippen LogP contribution in [0.4, 0.5) is 0 Å². The van der Waals surface area contributed by atoms with E-state index in [0.717, 1.165) is 33.8 Å². The molecule has 0 bridgehead atoms. The fourth-order valence-corrected chi connectivity index (χ4v) is 3.18. The van der Waals surface area contributed by atoms with Gasteiger partial charge in [-0.1, -0.05) is 11.8 Å². The number of hydrogen-bond acceptors (Lipinski definition) is 6. The van der Waals surface area contributed by atoms with Crippen molar-refractivity contribution in [1.82, 2.24) is 34.6 Å². The molecule has 4 rings (SSSR count). The Morgan fingerprint density at radius 3 is 2.95 bits per heavy atom. The second kappa shape index (κ2) is 4.80. The quantitative estimate of drug-likeness (QED) is 0.686. The largest absolute Gasteiger partial charge is 0.288 e. The summed E-state index contributed by atoms with van der Waals surface area (Å²) >= 11 is 1.62. The standard InChI is InChI=1S/C13H15N7S/c1-8-5-9(2)19-6-10(15-12(19)14-8)7-21-13-16-17-18-20(13)11-3-4-11/h5-6,11H,3-4,7H2,1-2H3. The van der Waals surface area contributed by atoms with Crippen LogP contribution in [0.5, 0.6) is 0 Å². The average Bonchev–Trinajstić information content (AvgIpc) is 3.03. The van der Waals surface area contributed by atoms with Gasteiger partial charge in [-0.05, 0) is 43.2 Å².